The molecule has 2 N–H and O–H groups in total. The molecule has 0 radical (unpaired) electrons. The second-order valence-electron chi connectivity index (χ2n) is 5.60. The molecular formula is C17H17N3O2S2. The highest BCUT2D eigenvalue weighted by molar-refractivity contribution is 7.22. The van der Waals surface area contributed by atoms with Gasteiger partial charge in [-0.1, -0.05) is 12.1 Å². The van der Waals surface area contributed by atoms with Crippen molar-refractivity contribution in [2.45, 2.75) is 19.9 Å². The first-order chi connectivity index (χ1) is 11.7. The SMILES string of the molecule is CCOC(=O)N1CCc2c(sc(N)c2-c2nc3ccccc3s2)C1. The summed E-state index contributed by atoms with van der Waals surface area (Å²) in [6.07, 6.45) is 0.532. The van der Waals surface area contributed by atoms with Gasteiger partial charge in [-0.05, 0) is 31.0 Å². The third-order valence-electron chi connectivity index (χ3n) is 4.12. The fourth-order valence-electron chi connectivity index (χ4n) is 3.01. The summed E-state index contributed by atoms with van der Waals surface area (Å²) in [5, 5.41) is 1.75. The van der Waals surface area contributed by atoms with Crippen LogP contribution >= 0.6 is 22.7 Å². The Labute approximate surface area is 147 Å². The Hall–Kier alpha value is -2.12. The fraction of sp³-hybridized carbons (Fsp3) is 0.294. The number of nitrogens with zero attached hydrogens (tertiary/aromatic N) is 2. The number of rotatable bonds is 2. The number of carbonyl (C=O) groups is 1. The van der Waals surface area contributed by atoms with Crippen molar-refractivity contribution in [3.05, 3.63) is 34.7 Å². The molecule has 3 heterocycles. The third-order valence-corrected chi connectivity index (χ3v) is 6.22. The maximum atomic E-state index is 12.0. The summed E-state index contributed by atoms with van der Waals surface area (Å²) >= 11 is 3.22. The summed E-state index contributed by atoms with van der Waals surface area (Å²) in [5.41, 5.74) is 9.60. The van der Waals surface area contributed by atoms with Gasteiger partial charge in [-0.15, -0.1) is 22.7 Å². The summed E-state index contributed by atoms with van der Waals surface area (Å²) in [4.78, 5) is 19.6. The minimum Gasteiger partial charge on any atom is -0.450 e. The number of nitrogens with two attached hydrogens (primary N) is 1. The van der Waals surface area contributed by atoms with E-state index in [9.17, 15) is 4.79 Å². The van der Waals surface area contributed by atoms with Crippen molar-refractivity contribution < 1.29 is 9.53 Å². The highest BCUT2D eigenvalue weighted by Crippen LogP contribution is 2.44. The van der Waals surface area contributed by atoms with Gasteiger partial charge in [-0.2, -0.15) is 0 Å². The van der Waals surface area contributed by atoms with E-state index >= 15 is 0 Å². The minimum absolute atomic E-state index is 0.253. The van der Waals surface area contributed by atoms with Crippen LogP contribution in [0.2, 0.25) is 0 Å². The Morgan fingerprint density at radius 2 is 2.21 bits per heavy atom. The van der Waals surface area contributed by atoms with Gasteiger partial charge in [-0.25, -0.2) is 9.78 Å². The monoisotopic (exact) mass is 359 g/mol. The number of fused-ring (bicyclic) bond motifs is 2. The van der Waals surface area contributed by atoms with Gasteiger partial charge in [0.2, 0.25) is 0 Å². The molecule has 3 aromatic rings. The van der Waals surface area contributed by atoms with E-state index < -0.39 is 0 Å². The van der Waals surface area contributed by atoms with Crippen LogP contribution in [-0.4, -0.2) is 29.1 Å². The van der Waals surface area contributed by atoms with E-state index in [4.69, 9.17) is 15.5 Å². The zero-order valence-corrected chi connectivity index (χ0v) is 14.9. The summed E-state index contributed by atoms with van der Waals surface area (Å²) < 4.78 is 6.27. The molecule has 0 aliphatic carbocycles. The molecule has 0 bridgehead atoms. The lowest BCUT2D eigenvalue weighted by atomic mass is 10.0. The van der Waals surface area contributed by atoms with Gasteiger partial charge in [0, 0.05) is 17.0 Å². The molecule has 5 nitrogen and oxygen atoms in total. The maximum Gasteiger partial charge on any atom is 0.410 e. The predicted molar refractivity (Wildman–Crippen MR) is 98.5 cm³/mol. The number of nitrogen functional groups attached to an aromatic ring is 1. The van der Waals surface area contributed by atoms with E-state index in [0.29, 0.717) is 19.7 Å². The van der Waals surface area contributed by atoms with Crippen LogP contribution in [0.15, 0.2) is 24.3 Å². The van der Waals surface area contributed by atoms with Crippen molar-refractivity contribution in [3.8, 4) is 10.6 Å². The lowest BCUT2D eigenvalue weighted by molar-refractivity contribution is 0.103. The van der Waals surface area contributed by atoms with Crippen molar-refractivity contribution in [2.75, 3.05) is 18.9 Å². The van der Waals surface area contributed by atoms with Crippen molar-refractivity contribution in [1.82, 2.24) is 9.88 Å². The van der Waals surface area contributed by atoms with Crippen LogP contribution < -0.4 is 5.73 Å². The number of amides is 1. The first kappa shape index (κ1) is 15.4. The lowest BCUT2D eigenvalue weighted by Crippen LogP contribution is -2.35. The predicted octanol–water partition coefficient (Wildman–Crippen LogP) is 4.12. The number of para-hydroxylation sites is 1. The molecule has 0 saturated carbocycles. The van der Waals surface area contributed by atoms with Gasteiger partial charge in [-0.3, -0.25) is 0 Å². The quantitative estimate of drug-likeness (QED) is 0.747. The van der Waals surface area contributed by atoms with Crippen molar-refractivity contribution in [3.63, 3.8) is 0 Å². The van der Waals surface area contributed by atoms with Crippen LogP contribution in [0.25, 0.3) is 20.8 Å². The molecule has 1 aliphatic rings. The number of benzene rings is 1. The van der Waals surface area contributed by atoms with Crippen LogP contribution in [0.3, 0.4) is 0 Å². The highest BCUT2D eigenvalue weighted by Gasteiger charge is 2.28. The van der Waals surface area contributed by atoms with Gasteiger partial charge >= 0.3 is 6.09 Å². The fourth-order valence-corrected chi connectivity index (χ4v) is 5.26. The molecule has 2 aromatic heterocycles. The van der Waals surface area contributed by atoms with Crippen LogP contribution in [-0.2, 0) is 17.7 Å². The van der Waals surface area contributed by atoms with Gasteiger partial charge in [0.05, 0.1) is 28.4 Å². The topological polar surface area (TPSA) is 68.5 Å². The minimum atomic E-state index is -0.253. The molecule has 0 fully saturated rings. The van der Waals surface area contributed by atoms with E-state index in [2.05, 4.69) is 6.07 Å². The lowest BCUT2D eigenvalue weighted by Gasteiger charge is -2.26. The number of anilines is 1. The highest BCUT2D eigenvalue weighted by atomic mass is 32.1. The summed E-state index contributed by atoms with van der Waals surface area (Å²) in [5.74, 6) is 0. The first-order valence-electron chi connectivity index (χ1n) is 7.85. The second kappa shape index (κ2) is 6.07. The zero-order chi connectivity index (χ0) is 16.7. The number of thiophene rings is 1. The Bertz CT molecular complexity index is 883. The van der Waals surface area contributed by atoms with Crippen LogP contribution in [0.5, 0.6) is 0 Å². The molecular weight excluding hydrogens is 342 g/mol. The molecule has 1 aliphatic heterocycles. The molecule has 1 aromatic carbocycles. The van der Waals surface area contributed by atoms with Crippen LogP contribution in [0.1, 0.15) is 17.4 Å². The van der Waals surface area contributed by atoms with Gasteiger partial charge in [0.15, 0.2) is 0 Å². The van der Waals surface area contributed by atoms with Crippen molar-refractivity contribution >= 4 is 44.0 Å². The Morgan fingerprint density at radius 1 is 1.38 bits per heavy atom. The number of hydrogen-bond donors (Lipinski definition) is 1. The van der Waals surface area contributed by atoms with Gasteiger partial charge in [0.25, 0.3) is 0 Å². The zero-order valence-electron chi connectivity index (χ0n) is 13.2. The molecule has 1 amide bonds. The van der Waals surface area contributed by atoms with Gasteiger partial charge < -0.3 is 15.4 Å². The number of aromatic nitrogens is 1. The largest absolute Gasteiger partial charge is 0.450 e. The van der Waals surface area contributed by atoms with E-state index in [1.165, 1.54) is 5.56 Å². The van der Waals surface area contributed by atoms with Crippen molar-refractivity contribution in [1.29, 1.82) is 0 Å². The van der Waals surface area contributed by atoms with E-state index in [-0.39, 0.29) is 6.09 Å². The molecule has 7 heteroatoms. The number of thiazole rings is 1. The summed E-state index contributed by atoms with van der Waals surface area (Å²) in [7, 11) is 0. The third kappa shape index (κ3) is 2.53. The van der Waals surface area contributed by atoms with Gasteiger partial charge in [0.1, 0.15) is 5.01 Å². The Kier molecular flexibility index (Phi) is 3.90. The molecule has 0 unspecified atom stereocenters. The van der Waals surface area contributed by atoms with Crippen LogP contribution in [0, 0.1) is 0 Å². The van der Waals surface area contributed by atoms with Crippen molar-refractivity contribution in [2.24, 2.45) is 0 Å². The first-order valence-corrected chi connectivity index (χ1v) is 9.48. The van der Waals surface area contributed by atoms with E-state index in [1.807, 2.05) is 25.1 Å². The standard InChI is InChI=1S/C17H17N3O2S2/c1-2-22-17(21)20-8-7-10-13(9-20)23-15(18)14(10)16-19-11-5-3-4-6-12(11)24-16/h3-6H,2,7-9,18H2,1H3. The Morgan fingerprint density at radius 3 is 3.00 bits per heavy atom. The summed E-state index contributed by atoms with van der Waals surface area (Å²) in [6, 6.07) is 8.12. The second-order valence-corrected chi connectivity index (χ2v) is 7.77. The molecule has 24 heavy (non-hydrogen) atoms. The molecule has 4 rings (SSSR count). The number of carbonyl (C=O) groups excluding carboxylic acids is 1. The van der Waals surface area contributed by atoms with Crippen LogP contribution in [0.4, 0.5) is 9.80 Å². The molecule has 0 saturated heterocycles. The molecule has 0 atom stereocenters. The normalized spacial score (nSPS) is 14.0. The smallest absolute Gasteiger partial charge is 0.410 e. The summed E-state index contributed by atoms with van der Waals surface area (Å²) in [6.45, 7) is 3.43. The molecule has 0 spiro atoms. The average molecular weight is 359 g/mol. The maximum absolute atomic E-state index is 12.0. The van der Waals surface area contributed by atoms with E-state index in [1.54, 1.807) is 27.6 Å². The Balaban J connectivity index is 1.71. The number of hydrogen-bond acceptors (Lipinski definition) is 6. The number of ether oxygens (including phenoxy) is 1. The molecule has 124 valence electrons. The average Bonchev–Trinajstić information content (AvgIpc) is 3.13. The van der Waals surface area contributed by atoms with E-state index in [0.717, 1.165) is 37.1 Å².